The number of aromatic nitrogens is 2. The number of para-hydroxylation sites is 1. The fraction of sp³-hybridized carbons (Fsp3) is 0.500. The molecule has 1 saturated carbocycles. The third-order valence-corrected chi connectivity index (χ3v) is 3.93. The molecule has 1 heterocycles. The van der Waals surface area contributed by atoms with Crippen LogP contribution in [0.4, 0.5) is 5.82 Å². The summed E-state index contributed by atoms with van der Waals surface area (Å²) in [5, 5.41) is 1.45. The Balaban J connectivity index is 2.01. The highest BCUT2D eigenvalue weighted by Crippen LogP contribution is 2.35. The summed E-state index contributed by atoms with van der Waals surface area (Å²) in [6.45, 7) is 5.56. The van der Waals surface area contributed by atoms with Crippen LogP contribution in [0.5, 0.6) is 0 Å². The predicted octanol–water partition coefficient (Wildman–Crippen LogP) is 4.30. The minimum atomic E-state index is 0.342. The van der Waals surface area contributed by atoms with Crippen LogP contribution in [-0.4, -0.2) is 22.6 Å². The Morgan fingerprint density at radius 2 is 2.00 bits per heavy atom. The summed E-state index contributed by atoms with van der Waals surface area (Å²) >= 11 is 6.11. The van der Waals surface area contributed by atoms with Crippen molar-refractivity contribution < 1.29 is 0 Å². The molecule has 0 bridgehead atoms. The molecule has 1 aliphatic carbocycles. The van der Waals surface area contributed by atoms with Crippen molar-refractivity contribution in [2.45, 2.75) is 39.2 Å². The smallest absolute Gasteiger partial charge is 0.224 e. The van der Waals surface area contributed by atoms with Gasteiger partial charge in [0, 0.05) is 18.0 Å². The van der Waals surface area contributed by atoms with Crippen LogP contribution in [0.3, 0.4) is 0 Å². The number of nitrogens with zero attached hydrogens (tertiary/aromatic N) is 3. The van der Waals surface area contributed by atoms with Gasteiger partial charge in [0.15, 0.2) is 0 Å². The van der Waals surface area contributed by atoms with E-state index in [9.17, 15) is 0 Å². The third-order valence-electron chi connectivity index (χ3n) is 3.76. The maximum absolute atomic E-state index is 6.11. The summed E-state index contributed by atoms with van der Waals surface area (Å²) in [7, 11) is 0. The standard InChI is InChI=1S/C16H20ClN3/c1-11(2)9-10-20(12-7-8-12)15-13-5-3-4-6-14(13)18-16(17)19-15/h3-6,11-12H,7-10H2,1-2H3. The lowest BCUT2D eigenvalue weighted by Crippen LogP contribution is -2.29. The van der Waals surface area contributed by atoms with Crippen LogP contribution in [0.25, 0.3) is 10.9 Å². The average Bonchev–Trinajstić information content (AvgIpc) is 3.23. The van der Waals surface area contributed by atoms with Crippen LogP contribution in [0.15, 0.2) is 24.3 Å². The molecule has 0 radical (unpaired) electrons. The van der Waals surface area contributed by atoms with E-state index in [0.29, 0.717) is 17.2 Å². The number of halogens is 1. The molecule has 0 amide bonds. The summed E-state index contributed by atoms with van der Waals surface area (Å²) in [5.74, 6) is 1.70. The molecule has 1 aromatic heterocycles. The van der Waals surface area contributed by atoms with Gasteiger partial charge in [-0.15, -0.1) is 0 Å². The molecule has 0 unspecified atom stereocenters. The minimum Gasteiger partial charge on any atom is -0.353 e. The molecule has 20 heavy (non-hydrogen) atoms. The lowest BCUT2D eigenvalue weighted by Gasteiger charge is -2.25. The van der Waals surface area contributed by atoms with Crippen molar-refractivity contribution in [1.29, 1.82) is 0 Å². The number of benzene rings is 1. The number of hydrogen-bond acceptors (Lipinski definition) is 3. The highest BCUT2D eigenvalue weighted by molar-refractivity contribution is 6.28. The summed E-state index contributed by atoms with van der Waals surface area (Å²) < 4.78 is 0. The van der Waals surface area contributed by atoms with Gasteiger partial charge in [0.25, 0.3) is 0 Å². The third kappa shape index (κ3) is 2.88. The van der Waals surface area contributed by atoms with E-state index < -0.39 is 0 Å². The zero-order valence-corrected chi connectivity index (χ0v) is 12.8. The molecule has 0 atom stereocenters. The first-order valence-electron chi connectivity index (χ1n) is 7.34. The monoisotopic (exact) mass is 289 g/mol. The normalized spacial score (nSPS) is 15.0. The first-order valence-corrected chi connectivity index (χ1v) is 7.72. The van der Waals surface area contributed by atoms with Crippen molar-refractivity contribution in [2.24, 2.45) is 5.92 Å². The van der Waals surface area contributed by atoms with E-state index in [4.69, 9.17) is 11.6 Å². The second-order valence-electron chi connectivity index (χ2n) is 5.94. The molecule has 3 nitrogen and oxygen atoms in total. The summed E-state index contributed by atoms with van der Waals surface area (Å²) in [6, 6.07) is 8.75. The van der Waals surface area contributed by atoms with E-state index in [1.54, 1.807) is 0 Å². The Labute approximate surface area is 125 Å². The summed E-state index contributed by atoms with van der Waals surface area (Å²) in [4.78, 5) is 11.3. The molecule has 1 aliphatic rings. The molecule has 1 fully saturated rings. The molecule has 3 rings (SSSR count). The summed E-state index contributed by atoms with van der Waals surface area (Å²) in [6.07, 6.45) is 3.69. The Hall–Kier alpha value is -1.35. The van der Waals surface area contributed by atoms with Gasteiger partial charge >= 0.3 is 0 Å². The molecule has 0 spiro atoms. The highest BCUT2D eigenvalue weighted by atomic mass is 35.5. The Kier molecular flexibility index (Phi) is 3.79. The van der Waals surface area contributed by atoms with Crippen LogP contribution in [-0.2, 0) is 0 Å². The SMILES string of the molecule is CC(C)CCN(c1nc(Cl)nc2ccccc12)C1CC1. The van der Waals surface area contributed by atoms with E-state index in [1.807, 2.05) is 18.2 Å². The summed E-state index contributed by atoms with van der Waals surface area (Å²) in [5.41, 5.74) is 0.928. The molecule has 0 aliphatic heterocycles. The quantitative estimate of drug-likeness (QED) is 0.769. The molecular weight excluding hydrogens is 270 g/mol. The van der Waals surface area contributed by atoms with E-state index in [1.165, 1.54) is 19.3 Å². The fourth-order valence-corrected chi connectivity index (χ4v) is 2.67. The molecule has 0 N–H and O–H groups in total. The van der Waals surface area contributed by atoms with E-state index in [2.05, 4.69) is 34.8 Å². The Morgan fingerprint density at radius 3 is 2.70 bits per heavy atom. The van der Waals surface area contributed by atoms with Gasteiger partial charge in [-0.1, -0.05) is 26.0 Å². The Morgan fingerprint density at radius 1 is 1.25 bits per heavy atom. The van der Waals surface area contributed by atoms with Crippen molar-refractivity contribution in [2.75, 3.05) is 11.4 Å². The van der Waals surface area contributed by atoms with Crippen LogP contribution in [0.2, 0.25) is 5.28 Å². The zero-order chi connectivity index (χ0) is 14.1. The maximum Gasteiger partial charge on any atom is 0.224 e. The van der Waals surface area contributed by atoms with Crippen LogP contribution < -0.4 is 4.90 Å². The topological polar surface area (TPSA) is 29.0 Å². The van der Waals surface area contributed by atoms with Crippen LogP contribution >= 0.6 is 11.6 Å². The number of hydrogen-bond donors (Lipinski definition) is 0. The largest absolute Gasteiger partial charge is 0.353 e. The van der Waals surface area contributed by atoms with Gasteiger partial charge in [0.2, 0.25) is 5.28 Å². The zero-order valence-electron chi connectivity index (χ0n) is 12.0. The minimum absolute atomic E-state index is 0.342. The first-order chi connectivity index (χ1) is 9.65. The van der Waals surface area contributed by atoms with Crippen molar-refractivity contribution in [3.63, 3.8) is 0 Å². The Bertz CT molecular complexity index is 608. The van der Waals surface area contributed by atoms with Crippen molar-refractivity contribution in [3.8, 4) is 0 Å². The van der Waals surface area contributed by atoms with Crippen LogP contribution in [0, 0.1) is 5.92 Å². The molecular formula is C16H20ClN3. The maximum atomic E-state index is 6.11. The van der Waals surface area contributed by atoms with Crippen molar-refractivity contribution >= 4 is 28.3 Å². The number of anilines is 1. The predicted molar refractivity (Wildman–Crippen MR) is 84.4 cm³/mol. The highest BCUT2D eigenvalue weighted by Gasteiger charge is 2.31. The lowest BCUT2D eigenvalue weighted by atomic mass is 10.1. The van der Waals surface area contributed by atoms with E-state index in [0.717, 1.165) is 23.3 Å². The molecule has 0 saturated heterocycles. The molecule has 1 aromatic carbocycles. The van der Waals surface area contributed by atoms with E-state index in [-0.39, 0.29) is 0 Å². The fourth-order valence-electron chi connectivity index (χ4n) is 2.50. The number of rotatable bonds is 5. The first kappa shape index (κ1) is 13.6. The van der Waals surface area contributed by atoms with E-state index >= 15 is 0 Å². The van der Waals surface area contributed by atoms with Gasteiger partial charge in [0.1, 0.15) is 5.82 Å². The van der Waals surface area contributed by atoms with Crippen LogP contribution in [0.1, 0.15) is 33.1 Å². The second kappa shape index (κ2) is 5.57. The molecule has 4 heteroatoms. The van der Waals surface area contributed by atoms with Gasteiger partial charge in [-0.25, -0.2) is 4.98 Å². The van der Waals surface area contributed by atoms with Gasteiger partial charge in [-0.3, -0.25) is 0 Å². The van der Waals surface area contributed by atoms with Crippen molar-refractivity contribution in [1.82, 2.24) is 9.97 Å². The van der Waals surface area contributed by atoms with Gasteiger partial charge in [-0.2, -0.15) is 4.98 Å². The number of fused-ring (bicyclic) bond motifs is 1. The molecule has 2 aromatic rings. The average molecular weight is 290 g/mol. The van der Waals surface area contributed by atoms with Crippen molar-refractivity contribution in [3.05, 3.63) is 29.5 Å². The van der Waals surface area contributed by atoms with Gasteiger partial charge in [0.05, 0.1) is 5.52 Å². The lowest BCUT2D eigenvalue weighted by molar-refractivity contribution is 0.569. The van der Waals surface area contributed by atoms with Gasteiger partial charge < -0.3 is 4.90 Å². The molecule has 106 valence electrons. The second-order valence-corrected chi connectivity index (χ2v) is 6.28. The van der Waals surface area contributed by atoms with Gasteiger partial charge in [-0.05, 0) is 48.9 Å².